The van der Waals surface area contributed by atoms with Crippen LogP contribution in [0.2, 0.25) is 5.02 Å². The maximum absolute atomic E-state index is 9.28. The van der Waals surface area contributed by atoms with Gasteiger partial charge in [0.2, 0.25) is 0 Å². The van der Waals surface area contributed by atoms with Crippen LogP contribution in [0.5, 0.6) is 0 Å². The summed E-state index contributed by atoms with van der Waals surface area (Å²) in [7, 11) is 0. The Hall–Kier alpha value is -3.53. The minimum absolute atomic E-state index is 0.290. The molecular weight excluding hydrogens is 438 g/mol. The number of hydrogen-bond acceptors (Lipinski definition) is 9. The number of anilines is 4. The number of aromatic nitrogens is 2. The molecule has 1 aliphatic rings. The first-order valence-corrected chi connectivity index (χ1v) is 11.2. The molecule has 2 heterocycles. The highest BCUT2D eigenvalue weighted by Crippen LogP contribution is 2.33. The summed E-state index contributed by atoms with van der Waals surface area (Å²) in [6.07, 6.45) is 9.14. The summed E-state index contributed by atoms with van der Waals surface area (Å²) in [5.41, 5.74) is 8.62. The second-order valence-electron chi connectivity index (χ2n) is 8.37. The molecule has 0 spiro atoms. The van der Waals surface area contributed by atoms with E-state index in [4.69, 9.17) is 28.4 Å². The van der Waals surface area contributed by atoms with Crippen molar-refractivity contribution in [1.29, 1.82) is 10.5 Å². The molecule has 0 amide bonds. The minimum Gasteiger partial charge on any atom is -0.401 e. The normalized spacial score (nSPS) is 19.2. The molecule has 1 aliphatic carbocycles. The van der Waals surface area contributed by atoms with E-state index in [1.165, 1.54) is 17.3 Å². The number of nitrogens with one attached hydrogen (secondary N) is 2. The maximum Gasteiger partial charge on any atom is 0.150 e. The Kier molecular flexibility index (Phi) is 7.94. The molecule has 2 aromatic rings. The first-order valence-electron chi connectivity index (χ1n) is 10.8. The SMILES string of the molecule is CC1CCC(/C(N)=C/N(N)c2cnc(Nc3ncc(C#N)cc3Cl)cc2N[C@H](C)C#N)CC1. The van der Waals surface area contributed by atoms with Gasteiger partial charge in [0.1, 0.15) is 23.7 Å². The molecule has 3 rings (SSSR count). The number of hydrogen-bond donors (Lipinski definition) is 4. The Labute approximate surface area is 199 Å². The van der Waals surface area contributed by atoms with E-state index >= 15 is 0 Å². The largest absolute Gasteiger partial charge is 0.401 e. The second kappa shape index (κ2) is 10.9. The molecule has 10 heteroatoms. The van der Waals surface area contributed by atoms with Crippen molar-refractivity contribution in [1.82, 2.24) is 9.97 Å². The van der Waals surface area contributed by atoms with Crippen molar-refractivity contribution in [2.24, 2.45) is 23.4 Å². The highest BCUT2D eigenvalue weighted by molar-refractivity contribution is 6.33. The van der Waals surface area contributed by atoms with Gasteiger partial charge in [-0.05, 0) is 37.7 Å². The molecule has 2 aromatic heterocycles. The van der Waals surface area contributed by atoms with Crippen LogP contribution in [0.4, 0.5) is 23.0 Å². The summed E-state index contributed by atoms with van der Waals surface area (Å²) in [6.45, 7) is 4.01. The van der Waals surface area contributed by atoms with Crippen molar-refractivity contribution >= 4 is 34.6 Å². The zero-order valence-corrected chi connectivity index (χ0v) is 19.5. The van der Waals surface area contributed by atoms with Crippen molar-refractivity contribution in [3.63, 3.8) is 0 Å². The summed E-state index contributed by atoms with van der Waals surface area (Å²) in [6, 6.07) is 6.91. The van der Waals surface area contributed by atoms with E-state index in [1.807, 2.05) is 6.07 Å². The van der Waals surface area contributed by atoms with Gasteiger partial charge in [0.25, 0.3) is 0 Å². The van der Waals surface area contributed by atoms with Crippen LogP contribution in [-0.4, -0.2) is 16.0 Å². The van der Waals surface area contributed by atoms with Gasteiger partial charge in [-0.25, -0.2) is 15.8 Å². The van der Waals surface area contributed by atoms with Crippen molar-refractivity contribution in [2.75, 3.05) is 15.6 Å². The number of allylic oxidation sites excluding steroid dienone is 1. The quantitative estimate of drug-likeness (QED) is 0.344. The van der Waals surface area contributed by atoms with Gasteiger partial charge in [-0.3, -0.25) is 5.01 Å². The molecule has 6 N–H and O–H groups in total. The van der Waals surface area contributed by atoms with E-state index in [1.54, 1.807) is 25.4 Å². The molecular formula is C23H28ClN9. The lowest BCUT2D eigenvalue weighted by Gasteiger charge is -2.28. The van der Waals surface area contributed by atoms with Gasteiger partial charge in [0.05, 0.1) is 34.2 Å². The van der Waals surface area contributed by atoms with Gasteiger partial charge in [-0.1, -0.05) is 31.4 Å². The zero-order valence-electron chi connectivity index (χ0n) is 18.7. The number of nitriles is 2. The number of rotatable bonds is 7. The van der Waals surface area contributed by atoms with Gasteiger partial charge in [-0.2, -0.15) is 10.5 Å². The van der Waals surface area contributed by atoms with Gasteiger partial charge < -0.3 is 16.4 Å². The van der Waals surface area contributed by atoms with Gasteiger partial charge in [0, 0.05) is 24.2 Å². The van der Waals surface area contributed by atoms with E-state index in [0.29, 0.717) is 34.5 Å². The maximum atomic E-state index is 9.28. The molecule has 1 fully saturated rings. The Morgan fingerprint density at radius 3 is 2.61 bits per heavy atom. The minimum atomic E-state index is -0.467. The van der Waals surface area contributed by atoms with Crippen LogP contribution >= 0.6 is 11.6 Å². The fraction of sp³-hybridized carbons (Fsp3) is 0.391. The van der Waals surface area contributed by atoms with Crippen LogP contribution in [-0.2, 0) is 0 Å². The van der Waals surface area contributed by atoms with Crippen molar-refractivity contribution in [2.45, 2.75) is 45.6 Å². The van der Waals surface area contributed by atoms with E-state index in [2.05, 4.69) is 33.6 Å². The smallest absolute Gasteiger partial charge is 0.150 e. The van der Waals surface area contributed by atoms with Crippen molar-refractivity contribution in [3.8, 4) is 12.1 Å². The molecule has 0 bridgehead atoms. The zero-order chi connectivity index (χ0) is 24.0. The highest BCUT2D eigenvalue weighted by Gasteiger charge is 2.21. The topological polar surface area (TPSA) is 153 Å². The van der Waals surface area contributed by atoms with Crippen molar-refractivity contribution < 1.29 is 0 Å². The van der Waals surface area contributed by atoms with Crippen LogP contribution in [0, 0.1) is 34.5 Å². The Balaban J connectivity index is 1.86. The molecule has 172 valence electrons. The molecule has 1 atom stereocenters. The first kappa shape index (κ1) is 24.1. The Morgan fingerprint density at radius 1 is 1.24 bits per heavy atom. The number of nitrogens with two attached hydrogens (primary N) is 2. The fourth-order valence-corrected chi connectivity index (χ4v) is 3.96. The number of halogens is 1. The number of pyridine rings is 2. The highest BCUT2D eigenvalue weighted by atomic mass is 35.5. The number of hydrazine groups is 1. The average molecular weight is 466 g/mol. The lowest BCUT2D eigenvalue weighted by atomic mass is 9.81. The van der Waals surface area contributed by atoms with Gasteiger partial charge >= 0.3 is 0 Å². The molecule has 1 saturated carbocycles. The molecule has 0 radical (unpaired) electrons. The second-order valence-corrected chi connectivity index (χ2v) is 8.77. The predicted octanol–water partition coefficient (Wildman–Crippen LogP) is 4.38. The Morgan fingerprint density at radius 2 is 1.97 bits per heavy atom. The average Bonchev–Trinajstić information content (AvgIpc) is 2.80. The van der Waals surface area contributed by atoms with E-state index < -0.39 is 6.04 Å². The van der Waals surface area contributed by atoms with Crippen LogP contribution in [0.25, 0.3) is 0 Å². The summed E-state index contributed by atoms with van der Waals surface area (Å²) in [4.78, 5) is 8.58. The molecule has 0 aliphatic heterocycles. The Bertz CT molecular complexity index is 1090. The summed E-state index contributed by atoms with van der Waals surface area (Å²) in [5, 5.41) is 26.1. The van der Waals surface area contributed by atoms with Crippen LogP contribution in [0.1, 0.15) is 45.1 Å². The van der Waals surface area contributed by atoms with Crippen LogP contribution in [0.3, 0.4) is 0 Å². The molecule has 0 aromatic carbocycles. The lowest BCUT2D eigenvalue weighted by molar-refractivity contribution is 0.318. The third kappa shape index (κ3) is 6.26. The van der Waals surface area contributed by atoms with E-state index in [9.17, 15) is 5.26 Å². The van der Waals surface area contributed by atoms with Crippen molar-refractivity contribution in [3.05, 3.63) is 47.0 Å². The van der Waals surface area contributed by atoms with Crippen LogP contribution in [0.15, 0.2) is 36.4 Å². The third-order valence-electron chi connectivity index (χ3n) is 5.72. The first-order chi connectivity index (χ1) is 15.8. The van der Waals surface area contributed by atoms with Gasteiger partial charge in [-0.15, -0.1) is 0 Å². The summed E-state index contributed by atoms with van der Waals surface area (Å²) < 4.78 is 0. The third-order valence-corrected chi connectivity index (χ3v) is 6.01. The van der Waals surface area contributed by atoms with E-state index in [-0.39, 0.29) is 5.02 Å². The molecule has 9 nitrogen and oxygen atoms in total. The van der Waals surface area contributed by atoms with E-state index in [0.717, 1.165) is 37.3 Å². The van der Waals surface area contributed by atoms with Crippen LogP contribution < -0.4 is 27.2 Å². The lowest BCUT2D eigenvalue weighted by Crippen LogP contribution is -2.30. The summed E-state index contributed by atoms with van der Waals surface area (Å²) in [5.74, 6) is 8.17. The molecule has 33 heavy (non-hydrogen) atoms. The predicted molar refractivity (Wildman–Crippen MR) is 130 cm³/mol. The standard InChI is InChI=1S/C23H28ClN9/c1-14-3-5-17(6-4-14)19(27)13-33(28)21-12-29-22(8-20(21)31-15(2)9-25)32-23-18(24)7-16(10-26)11-30-23/h7-8,11-15,17H,3-6,27-28H2,1-2H3,(H2,29,30,31,32)/b19-13-/t14?,15-,17?/m1/s1. The molecule has 0 saturated heterocycles. The summed E-state index contributed by atoms with van der Waals surface area (Å²) >= 11 is 6.21. The number of nitrogens with zero attached hydrogens (tertiary/aromatic N) is 5. The molecule has 0 unspecified atom stereocenters. The monoisotopic (exact) mass is 465 g/mol. The fourth-order valence-electron chi connectivity index (χ4n) is 3.74. The van der Waals surface area contributed by atoms with Gasteiger partial charge in [0.15, 0.2) is 0 Å².